The van der Waals surface area contributed by atoms with Crippen LogP contribution in [0.5, 0.6) is 11.5 Å². The van der Waals surface area contributed by atoms with E-state index in [9.17, 15) is 5.11 Å². The fourth-order valence-electron chi connectivity index (χ4n) is 1.12. The molecule has 1 aromatic carbocycles. The highest BCUT2D eigenvalue weighted by Crippen LogP contribution is 2.28. The molecule has 0 amide bonds. The average Bonchev–Trinajstić information content (AvgIpc) is 2.16. The van der Waals surface area contributed by atoms with Crippen LogP contribution < -0.4 is 10.2 Å². The zero-order valence-corrected chi connectivity index (χ0v) is 8.74. The Bertz CT molecular complexity index is 300. The van der Waals surface area contributed by atoms with Crippen LogP contribution in [0.2, 0.25) is 0 Å². The van der Waals surface area contributed by atoms with Gasteiger partial charge in [0.15, 0.2) is 11.5 Å². The van der Waals surface area contributed by atoms with E-state index in [1.807, 2.05) is 31.2 Å². The van der Waals surface area contributed by atoms with Crippen LogP contribution in [-0.4, -0.2) is 31.3 Å². The van der Waals surface area contributed by atoms with E-state index in [2.05, 4.69) is 5.43 Å². The number of rotatable bonds is 4. The zero-order valence-electron chi connectivity index (χ0n) is 8.74. The van der Waals surface area contributed by atoms with Crippen LogP contribution in [0.15, 0.2) is 18.2 Å². The maximum atomic E-state index is 9.72. The molecule has 78 valence electrons. The number of hydrazine groups is 1. The minimum Gasteiger partial charge on any atom is -0.504 e. The van der Waals surface area contributed by atoms with Gasteiger partial charge in [0.2, 0.25) is 0 Å². The summed E-state index contributed by atoms with van der Waals surface area (Å²) in [6, 6.07) is 5.44. The molecule has 0 saturated carbocycles. The molecule has 0 unspecified atom stereocenters. The minimum atomic E-state index is 0.198. The number of hydrogen-bond acceptors (Lipinski definition) is 4. The first-order valence-corrected chi connectivity index (χ1v) is 4.41. The normalized spacial score (nSPS) is 10.6. The molecule has 0 atom stereocenters. The fraction of sp³-hybridized carbons (Fsp3) is 0.400. The SMILES string of the molecule is COc1cccc(CNN(C)C)c1O. The third-order valence-corrected chi connectivity index (χ3v) is 1.89. The first-order chi connectivity index (χ1) is 6.65. The Morgan fingerprint density at radius 1 is 1.43 bits per heavy atom. The molecule has 0 saturated heterocycles. The van der Waals surface area contributed by atoms with Crippen molar-refractivity contribution in [1.29, 1.82) is 0 Å². The molecule has 2 N–H and O–H groups in total. The smallest absolute Gasteiger partial charge is 0.162 e. The predicted molar refractivity (Wildman–Crippen MR) is 55.2 cm³/mol. The molecule has 0 heterocycles. The van der Waals surface area contributed by atoms with Crippen LogP contribution in [-0.2, 0) is 6.54 Å². The number of ether oxygens (including phenoxy) is 1. The van der Waals surface area contributed by atoms with Crippen molar-refractivity contribution >= 4 is 0 Å². The number of nitrogens with zero attached hydrogens (tertiary/aromatic N) is 1. The second kappa shape index (κ2) is 4.83. The summed E-state index contributed by atoms with van der Waals surface area (Å²) in [4.78, 5) is 0. The van der Waals surface area contributed by atoms with E-state index in [0.717, 1.165) is 5.56 Å². The van der Waals surface area contributed by atoms with Crippen molar-refractivity contribution in [3.05, 3.63) is 23.8 Å². The number of para-hydroxylation sites is 1. The molecule has 0 radical (unpaired) electrons. The first-order valence-electron chi connectivity index (χ1n) is 4.41. The van der Waals surface area contributed by atoms with E-state index < -0.39 is 0 Å². The molecule has 4 heteroatoms. The van der Waals surface area contributed by atoms with Crippen molar-refractivity contribution in [3.8, 4) is 11.5 Å². The van der Waals surface area contributed by atoms with Crippen molar-refractivity contribution in [2.75, 3.05) is 21.2 Å². The maximum Gasteiger partial charge on any atom is 0.162 e. The maximum absolute atomic E-state index is 9.72. The highest BCUT2D eigenvalue weighted by molar-refractivity contribution is 5.45. The van der Waals surface area contributed by atoms with Gasteiger partial charge in [-0.25, -0.2) is 0 Å². The molecule has 0 aliphatic heterocycles. The van der Waals surface area contributed by atoms with Crippen LogP contribution >= 0.6 is 0 Å². The molecule has 0 spiro atoms. The Morgan fingerprint density at radius 3 is 2.71 bits per heavy atom. The average molecular weight is 196 g/mol. The molecule has 1 rings (SSSR count). The Morgan fingerprint density at radius 2 is 2.14 bits per heavy atom. The van der Waals surface area contributed by atoms with E-state index in [1.165, 1.54) is 7.11 Å². The number of phenols is 1. The summed E-state index contributed by atoms with van der Waals surface area (Å²) in [5.74, 6) is 0.701. The van der Waals surface area contributed by atoms with E-state index >= 15 is 0 Å². The lowest BCUT2D eigenvalue weighted by Gasteiger charge is -2.13. The van der Waals surface area contributed by atoms with Crippen LogP contribution in [0, 0.1) is 0 Å². The van der Waals surface area contributed by atoms with Gasteiger partial charge in [0.05, 0.1) is 7.11 Å². The standard InChI is InChI=1S/C10H16N2O2/c1-12(2)11-7-8-5-4-6-9(14-3)10(8)13/h4-6,11,13H,7H2,1-3H3. The topological polar surface area (TPSA) is 44.7 Å². The fourth-order valence-corrected chi connectivity index (χ4v) is 1.12. The number of nitrogens with one attached hydrogen (secondary N) is 1. The lowest BCUT2D eigenvalue weighted by atomic mass is 10.2. The molecular weight excluding hydrogens is 180 g/mol. The Hall–Kier alpha value is -1.26. The van der Waals surface area contributed by atoms with Gasteiger partial charge in [0.25, 0.3) is 0 Å². The Kier molecular flexibility index (Phi) is 3.73. The molecule has 14 heavy (non-hydrogen) atoms. The number of hydrogen-bond donors (Lipinski definition) is 2. The van der Waals surface area contributed by atoms with Crippen molar-refractivity contribution < 1.29 is 9.84 Å². The largest absolute Gasteiger partial charge is 0.504 e. The number of benzene rings is 1. The van der Waals surface area contributed by atoms with Crippen LogP contribution in [0.3, 0.4) is 0 Å². The molecule has 1 aromatic rings. The monoisotopic (exact) mass is 196 g/mol. The van der Waals surface area contributed by atoms with Gasteiger partial charge in [0.1, 0.15) is 0 Å². The van der Waals surface area contributed by atoms with Crippen LogP contribution in [0.25, 0.3) is 0 Å². The first kappa shape index (κ1) is 10.8. The molecule has 0 aliphatic rings. The highest BCUT2D eigenvalue weighted by atomic mass is 16.5. The lowest BCUT2D eigenvalue weighted by molar-refractivity contribution is 0.282. The molecule has 0 aromatic heterocycles. The summed E-state index contributed by atoms with van der Waals surface area (Å²) in [7, 11) is 5.34. The molecular formula is C10H16N2O2. The van der Waals surface area contributed by atoms with Crippen LogP contribution in [0.4, 0.5) is 0 Å². The summed E-state index contributed by atoms with van der Waals surface area (Å²) in [5, 5.41) is 11.6. The highest BCUT2D eigenvalue weighted by Gasteiger charge is 2.06. The predicted octanol–water partition coefficient (Wildman–Crippen LogP) is 0.967. The molecule has 0 bridgehead atoms. The van der Waals surface area contributed by atoms with Gasteiger partial charge in [-0.1, -0.05) is 12.1 Å². The summed E-state index contributed by atoms with van der Waals surface area (Å²) < 4.78 is 5.00. The second-order valence-corrected chi connectivity index (χ2v) is 3.20. The van der Waals surface area contributed by atoms with E-state index in [1.54, 1.807) is 6.07 Å². The molecule has 0 fully saturated rings. The Labute approximate surface area is 84.1 Å². The summed E-state index contributed by atoms with van der Waals surface area (Å²) in [5.41, 5.74) is 3.89. The van der Waals surface area contributed by atoms with Gasteiger partial charge < -0.3 is 9.84 Å². The Balaban J connectivity index is 2.76. The van der Waals surface area contributed by atoms with E-state index in [-0.39, 0.29) is 5.75 Å². The third kappa shape index (κ3) is 2.61. The number of methoxy groups -OCH3 is 1. The van der Waals surface area contributed by atoms with Gasteiger partial charge in [-0.05, 0) is 6.07 Å². The second-order valence-electron chi connectivity index (χ2n) is 3.20. The van der Waals surface area contributed by atoms with Gasteiger partial charge in [0, 0.05) is 26.2 Å². The van der Waals surface area contributed by atoms with Gasteiger partial charge >= 0.3 is 0 Å². The van der Waals surface area contributed by atoms with Crippen molar-refractivity contribution in [2.24, 2.45) is 0 Å². The van der Waals surface area contributed by atoms with Crippen molar-refractivity contribution in [3.63, 3.8) is 0 Å². The summed E-state index contributed by atoms with van der Waals surface area (Å²) >= 11 is 0. The minimum absolute atomic E-state index is 0.198. The number of aromatic hydroxyl groups is 1. The third-order valence-electron chi connectivity index (χ3n) is 1.89. The van der Waals surface area contributed by atoms with E-state index in [4.69, 9.17) is 4.74 Å². The van der Waals surface area contributed by atoms with Crippen molar-refractivity contribution in [2.45, 2.75) is 6.54 Å². The lowest BCUT2D eigenvalue weighted by Crippen LogP contribution is -2.29. The van der Waals surface area contributed by atoms with Gasteiger partial charge in [-0.3, -0.25) is 10.4 Å². The van der Waals surface area contributed by atoms with Gasteiger partial charge in [-0.15, -0.1) is 0 Å². The van der Waals surface area contributed by atoms with Gasteiger partial charge in [-0.2, -0.15) is 0 Å². The summed E-state index contributed by atoms with van der Waals surface area (Å²) in [6.45, 7) is 0.579. The number of phenolic OH excluding ortho intramolecular Hbond substituents is 1. The summed E-state index contributed by atoms with van der Waals surface area (Å²) in [6.07, 6.45) is 0. The van der Waals surface area contributed by atoms with E-state index in [0.29, 0.717) is 12.3 Å². The zero-order chi connectivity index (χ0) is 10.6. The molecule has 4 nitrogen and oxygen atoms in total. The molecule has 0 aliphatic carbocycles. The quantitative estimate of drug-likeness (QED) is 0.704. The van der Waals surface area contributed by atoms with Crippen molar-refractivity contribution in [1.82, 2.24) is 10.4 Å². The van der Waals surface area contributed by atoms with Crippen LogP contribution in [0.1, 0.15) is 5.56 Å².